The van der Waals surface area contributed by atoms with Gasteiger partial charge in [0.2, 0.25) is 0 Å². The molecule has 484 valence electrons. The SMILES string of the molecule is CC/C=C\C/C=C\C/C=C\C/C=C\C/C=C\CCCCCCCCCCCCCCCCCCCCCCCCCC(=O)OC(COC(=O)CCCCCCCCCCCCCCCCCCCCC)COC(OCC[N+](C)(C)C)C(=O)[O-]. The number of unbranched alkanes of at least 4 members (excludes halogenated alkanes) is 41. The highest BCUT2D eigenvalue weighted by Crippen LogP contribution is 2.19. The number of hydrogen-bond acceptors (Lipinski definition) is 8. The second-order valence-electron chi connectivity index (χ2n) is 25.2. The Hall–Kier alpha value is -3.01. The van der Waals surface area contributed by atoms with Crippen LogP contribution >= 0.6 is 0 Å². The van der Waals surface area contributed by atoms with E-state index in [0.717, 1.165) is 70.6 Å². The molecule has 0 heterocycles. The summed E-state index contributed by atoms with van der Waals surface area (Å²) in [5.41, 5.74) is 0. The summed E-state index contributed by atoms with van der Waals surface area (Å²) in [4.78, 5) is 37.4. The van der Waals surface area contributed by atoms with E-state index >= 15 is 0 Å². The van der Waals surface area contributed by atoms with Crippen LogP contribution in [-0.4, -0.2) is 82.3 Å². The van der Waals surface area contributed by atoms with Crippen LogP contribution in [0, 0.1) is 0 Å². The zero-order chi connectivity index (χ0) is 60.5. The van der Waals surface area contributed by atoms with E-state index in [9.17, 15) is 19.5 Å². The first-order valence-corrected chi connectivity index (χ1v) is 35.4. The molecule has 0 aliphatic heterocycles. The molecule has 9 nitrogen and oxygen atoms in total. The van der Waals surface area contributed by atoms with Gasteiger partial charge in [-0.15, -0.1) is 0 Å². The quantitative estimate of drug-likeness (QED) is 0.0195. The monoisotopic (exact) mass is 1170 g/mol. The fourth-order valence-corrected chi connectivity index (χ4v) is 10.4. The van der Waals surface area contributed by atoms with Gasteiger partial charge in [0.15, 0.2) is 12.4 Å². The van der Waals surface area contributed by atoms with Crippen molar-refractivity contribution in [3.8, 4) is 0 Å². The Morgan fingerprint density at radius 1 is 0.373 bits per heavy atom. The molecular weight excluding hydrogens is 1030 g/mol. The molecule has 0 radical (unpaired) electrons. The van der Waals surface area contributed by atoms with Crippen molar-refractivity contribution in [2.75, 3.05) is 47.5 Å². The van der Waals surface area contributed by atoms with Crippen LogP contribution in [0.3, 0.4) is 0 Å². The third-order valence-electron chi connectivity index (χ3n) is 15.8. The first-order valence-electron chi connectivity index (χ1n) is 35.4. The molecule has 0 bridgehead atoms. The Balaban J connectivity index is 3.98. The lowest BCUT2D eigenvalue weighted by molar-refractivity contribution is -0.870. The first kappa shape index (κ1) is 80.0. The number of carbonyl (C=O) groups excluding carboxylic acids is 3. The van der Waals surface area contributed by atoms with Crippen LogP contribution in [0.2, 0.25) is 0 Å². The Morgan fingerprint density at radius 3 is 1.02 bits per heavy atom. The summed E-state index contributed by atoms with van der Waals surface area (Å²) in [6.45, 7) is 4.69. The molecular formula is C74H135NO8. The lowest BCUT2D eigenvalue weighted by Gasteiger charge is -2.26. The first-order chi connectivity index (χ1) is 40.6. The number of nitrogens with zero attached hydrogens (tertiary/aromatic N) is 1. The fourth-order valence-electron chi connectivity index (χ4n) is 10.4. The minimum atomic E-state index is -1.62. The number of carboxylic acid groups (broad SMARTS) is 1. The number of esters is 2. The molecule has 0 amide bonds. The van der Waals surface area contributed by atoms with Crippen LogP contribution in [0.15, 0.2) is 60.8 Å². The second kappa shape index (κ2) is 65.0. The summed E-state index contributed by atoms with van der Waals surface area (Å²) in [7, 11) is 5.94. The van der Waals surface area contributed by atoms with Crippen LogP contribution in [0.5, 0.6) is 0 Å². The summed E-state index contributed by atoms with van der Waals surface area (Å²) in [6, 6.07) is 0. The maximum Gasteiger partial charge on any atom is 0.306 e. The maximum atomic E-state index is 12.9. The molecule has 0 aliphatic rings. The minimum absolute atomic E-state index is 0.150. The van der Waals surface area contributed by atoms with Gasteiger partial charge >= 0.3 is 11.9 Å². The van der Waals surface area contributed by atoms with Crippen molar-refractivity contribution in [3.05, 3.63) is 60.8 Å². The number of rotatable bonds is 66. The predicted molar refractivity (Wildman–Crippen MR) is 352 cm³/mol. The summed E-state index contributed by atoms with van der Waals surface area (Å²) in [6.07, 6.45) is 81.7. The molecule has 9 heteroatoms. The molecule has 0 fully saturated rings. The van der Waals surface area contributed by atoms with Crippen molar-refractivity contribution in [1.29, 1.82) is 0 Å². The van der Waals surface area contributed by atoms with E-state index in [0.29, 0.717) is 17.4 Å². The number of ether oxygens (including phenoxy) is 4. The highest BCUT2D eigenvalue weighted by molar-refractivity contribution is 5.70. The highest BCUT2D eigenvalue weighted by atomic mass is 16.7. The topological polar surface area (TPSA) is 111 Å². The van der Waals surface area contributed by atoms with E-state index in [-0.39, 0.29) is 32.2 Å². The van der Waals surface area contributed by atoms with Crippen LogP contribution < -0.4 is 5.11 Å². The summed E-state index contributed by atoms with van der Waals surface area (Å²) >= 11 is 0. The fraction of sp³-hybridized carbons (Fsp3) is 0.824. The second-order valence-corrected chi connectivity index (χ2v) is 25.2. The van der Waals surface area contributed by atoms with Gasteiger partial charge in [-0.25, -0.2) is 0 Å². The lowest BCUT2D eigenvalue weighted by atomic mass is 10.0. The molecule has 0 saturated heterocycles. The van der Waals surface area contributed by atoms with Gasteiger partial charge in [0.1, 0.15) is 13.2 Å². The van der Waals surface area contributed by atoms with E-state index in [2.05, 4.69) is 74.6 Å². The standard InChI is InChI=1S/C74H135NO8/c1-6-8-10-12-14-16-18-20-22-24-26-27-28-29-30-31-32-33-34-35-36-37-38-39-40-41-42-43-44-45-47-49-51-53-55-57-59-61-63-65-72(77)83-70(69-82-74(73(78)79)80-67-66-75(3,4)5)68-81-71(76)64-62-60-58-56-54-52-50-48-46-25-23-21-19-17-15-13-11-9-7-2/h8,10,14,16,20,22,26-27,29-30,70,74H,6-7,9,11-13,15,17-19,21,23-25,28,31-69H2,1-5H3/b10-8-,16-14-,22-20-,27-26-,30-29-. The van der Waals surface area contributed by atoms with Crippen molar-refractivity contribution in [2.45, 2.75) is 347 Å². The van der Waals surface area contributed by atoms with E-state index in [1.54, 1.807) is 0 Å². The van der Waals surface area contributed by atoms with Crippen molar-refractivity contribution in [3.63, 3.8) is 0 Å². The van der Waals surface area contributed by atoms with E-state index in [4.69, 9.17) is 18.9 Å². The predicted octanol–water partition coefficient (Wildman–Crippen LogP) is 20.6. The van der Waals surface area contributed by atoms with Gasteiger partial charge in [-0.2, -0.15) is 0 Å². The molecule has 2 unspecified atom stereocenters. The van der Waals surface area contributed by atoms with Crippen molar-refractivity contribution >= 4 is 17.9 Å². The molecule has 0 aromatic heterocycles. The van der Waals surface area contributed by atoms with Crippen LogP contribution in [0.4, 0.5) is 0 Å². The average molecular weight is 1170 g/mol. The molecule has 0 saturated carbocycles. The van der Waals surface area contributed by atoms with Gasteiger partial charge in [-0.3, -0.25) is 9.59 Å². The molecule has 83 heavy (non-hydrogen) atoms. The van der Waals surface area contributed by atoms with Crippen LogP contribution in [0.1, 0.15) is 335 Å². The van der Waals surface area contributed by atoms with Gasteiger partial charge in [0, 0.05) is 12.8 Å². The van der Waals surface area contributed by atoms with Crippen molar-refractivity contribution in [1.82, 2.24) is 0 Å². The Labute approximate surface area is 514 Å². The molecule has 0 aliphatic carbocycles. The van der Waals surface area contributed by atoms with Gasteiger partial charge in [-0.1, -0.05) is 325 Å². The third-order valence-corrected chi connectivity index (χ3v) is 15.8. The van der Waals surface area contributed by atoms with Gasteiger partial charge in [0.25, 0.3) is 0 Å². The number of hydrogen-bond donors (Lipinski definition) is 0. The van der Waals surface area contributed by atoms with Crippen molar-refractivity contribution < 1.29 is 42.9 Å². The molecule has 0 spiro atoms. The number of allylic oxidation sites excluding steroid dienone is 10. The zero-order valence-electron chi connectivity index (χ0n) is 55.3. The highest BCUT2D eigenvalue weighted by Gasteiger charge is 2.22. The largest absolute Gasteiger partial charge is 0.545 e. The number of carbonyl (C=O) groups is 3. The van der Waals surface area contributed by atoms with Crippen LogP contribution in [0.25, 0.3) is 0 Å². The lowest BCUT2D eigenvalue weighted by Crippen LogP contribution is -2.44. The number of carboxylic acids is 1. The number of quaternary nitrogens is 1. The summed E-state index contributed by atoms with van der Waals surface area (Å²) in [5.74, 6) is -2.26. The number of aliphatic carboxylic acids is 1. The normalized spacial score (nSPS) is 13.0. The van der Waals surface area contributed by atoms with E-state index in [1.165, 1.54) is 238 Å². The summed E-state index contributed by atoms with van der Waals surface area (Å²) < 4.78 is 22.8. The zero-order valence-corrected chi connectivity index (χ0v) is 55.3. The smallest absolute Gasteiger partial charge is 0.306 e. The average Bonchev–Trinajstić information content (AvgIpc) is 3.46. The minimum Gasteiger partial charge on any atom is -0.545 e. The Morgan fingerprint density at radius 2 is 0.687 bits per heavy atom. The van der Waals surface area contributed by atoms with Gasteiger partial charge in [0.05, 0.1) is 40.3 Å². The molecule has 0 N–H and O–H groups in total. The van der Waals surface area contributed by atoms with Gasteiger partial charge in [-0.05, 0) is 57.8 Å². The van der Waals surface area contributed by atoms with Gasteiger partial charge < -0.3 is 33.3 Å². The summed E-state index contributed by atoms with van der Waals surface area (Å²) in [5, 5.41) is 11.8. The molecule has 0 rings (SSSR count). The third kappa shape index (κ3) is 66.4. The van der Waals surface area contributed by atoms with E-state index in [1.807, 2.05) is 21.1 Å². The van der Waals surface area contributed by atoms with Crippen LogP contribution in [-0.2, 0) is 33.3 Å². The molecule has 0 aromatic carbocycles. The Kier molecular flexibility index (Phi) is 62.6. The number of likely N-dealkylation sites (N-methyl/N-ethyl adjacent to an activating group) is 1. The Bertz CT molecular complexity index is 1550. The maximum absolute atomic E-state index is 12.9. The molecule has 2 atom stereocenters. The van der Waals surface area contributed by atoms with Crippen molar-refractivity contribution in [2.24, 2.45) is 0 Å². The van der Waals surface area contributed by atoms with E-state index < -0.39 is 24.3 Å². The molecule has 0 aromatic rings.